The maximum atomic E-state index is 13.4. The summed E-state index contributed by atoms with van der Waals surface area (Å²) < 4.78 is 0. The Balaban J connectivity index is 5.89. The number of aliphatic hydroxyl groups is 2. The second-order valence-electron chi connectivity index (χ2n) is 11.3. The fourth-order valence-electron chi connectivity index (χ4n) is 4.22. The van der Waals surface area contributed by atoms with E-state index in [1.54, 1.807) is 0 Å². The molecule has 0 fully saturated rings. The van der Waals surface area contributed by atoms with Crippen molar-refractivity contribution in [2.45, 2.75) is 108 Å². The van der Waals surface area contributed by atoms with Crippen molar-refractivity contribution < 1.29 is 44.1 Å². The number of carboxylic acid groups (broad SMARTS) is 1. The van der Waals surface area contributed by atoms with Crippen LogP contribution in [0.2, 0.25) is 0 Å². The number of carboxylic acids is 1. The number of aliphatic hydroxyl groups excluding tert-OH is 2. The van der Waals surface area contributed by atoms with Crippen molar-refractivity contribution in [3.05, 3.63) is 0 Å². The van der Waals surface area contributed by atoms with Gasteiger partial charge < -0.3 is 70.6 Å². The summed E-state index contributed by atoms with van der Waals surface area (Å²) in [5.41, 5.74) is 27.8. The predicted molar refractivity (Wildman–Crippen MR) is 175 cm³/mol. The smallest absolute Gasteiger partial charge is 0.325 e. The van der Waals surface area contributed by atoms with Gasteiger partial charge in [0.2, 0.25) is 29.5 Å². The fraction of sp³-hybridized carbons (Fsp3) is 0.750. The van der Waals surface area contributed by atoms with Crippen LogP contribution >= 0.6 is 0 Å². The topological polar surface area (TPSA) is 366 Å². The SMILES string of the molecule is C[C@H](NC(=O)[C@@H](NC(=O)[C@H](CO)NC(=O)[C@H](CCCCN)NC(=O)[C@H](CCCN=C(N)N)NC(=O)[C@@H](N)CCCCN)[C@@H](C)O)C(=O)O. The van der Waals surface area contributed by atoms with E-state index in [9.17, 15) is 39.0 Å². The van der Waals surface area contributed by atoms with Gasteiger partial charge in [0.05, 0.1) is 18.8 Å². The van der Waals surface area contributed by atoms with Crippen LogP contribution in [0.15, 0.2) is 4.99 Å². The lowest BCUT2D eigenvalue weighted by Crippen LogP contribution is -2.61. The normalized spacial score (nSPS) is 15.3. The van der Waals surface area contributed by atoms with Crippen molar-refractivity contribution in [2.24, 2.45) is 33.7 Å². The molecule has 0 bridgehead atoms. The molecular formula is C28H55N11O9. The van der Waals surface area contributed by atoms with E-state index in [1.165, 1.54) is 13.8 Å². The molecule has 0 aromatic rings. The van der Waals surface area contributed by atoms with Crippen molar-refractivity contribution in [3.8, 4) is 0 Å². The lowest BCUT2D eigenvalue weighted by atomic mass is 10.0. The number of nitrogens with one attached hydrogen (secondary N) is 5. The fourth-order valence-corrected chi connectivity index (χ4v) is 4.22. The lowest BCUT2D eigenvalue weighted by Gasteiger charge is -2.27. The zero-order chi connectivity index (χ0) is 36.8. The van der Waals surface area contributed by atoms with Crippen LogP contribution in [-0.2, 0) is 28.8 Å². The number of carbonyl (C=O) groups is 6. The van der Waals surface area contributed by atoms with E-state index in [4.69, 9.17) is 33.8 Å². The molecule has 0 aromatic heterocycles. The average molecular weight is 690 g/mol. The number of rotatable bonds is 25. The Morgan fingerprint density at radius 3 is 1.62 bits per heavy atom. The molecular weight excluding hydrogens is 634 g/mol. The molecule has 0 rings (SSSR count). The van der Waals surface area contributed by atoms with Gasteiger partial charge in [0.15, 0.2) is 5.96 Å². The standard InChI is InChI=1S/C28H55N11O9/c1-15(27(47)48)35-26(46)21(16(2)41)39-25(45)20(14-40)38-24(44)18(9-4-6-12-30)37-23(43)19(10-7-13-34-28(32)33)36-22(42)17(31)8-3-5-11-29/h15-21,40-41H,3-14,29-31H2,1-2H3,(H,35,46)(H,36,42)(H,37,43)(H,38,44)(H,39,45)(H,47,48)(H4,32,33,34)/t15-,16+,17-,18-,19-,20-,21-/m0/s1. The van der Waals surface area contributed by atoms with Gasteiger partial charge in [-0.3, -0.25) is 33.8 Å². The van der Waals surface area contributed by atoms with Crippen LogP contribution < -0.4 is 55.3 Å². The molecule has 0 aliphatic carbocycles. The number of guanidine groups is 1. The van der Waals surface area contributed by atoms with Gasteiger partial charge in [0.25, 0.3) is 0 Å². The summed E-state index contributed by atoms with van der Waals surface area (Å²) in [6.07, 6.45) is 1.38. The highest BCUT2D eigenvalue weighted by Gasteiger charge is 2.33. The zero-order valence-corrected chi connectivity index (χ0v) is 27.7. The third kappa shape index (κ3) is 17.7. The van der Waals surface area contributed by atoms with E-state index in [0.717, 1.165) is 0 Å². The number of amides is 5. The Hall–Kier alpha value is -4.11. The molecule has 0 spiro atoms. The summed E-state index contributed by atoms with van der Waals surface area (Å²) in [6, 6.07) is -7.93. The van der Waals surface area contributed by atoms with Crippen LogP contribution in [0, 0.1) is 0 Å². The van der Waals surface area contributed by atoms with Crippen LogP contribution in [-0.4, -0.2) is 125 Å². The van der Waals surface area contributed by atoms with Crippen molar-refractivity contribution in [1.82, 2.24) is 26.6 Å². The quantitative estimate of drug-likeness (QED) is 0.0242. The first-order chi connectivity index (χ1) is 22.6. The van der Waals surface area contributed by atoms with Crippen LogP contribution in [0.1, 0.15) is 65.2 Å². The largest absolute Gasteiger partial charge is 0.480 e. The zero-order valence-electron chi connectivity index (χ0n) is 27.7. The van der Waals surface area contributed by atoms with Gasteiger partial charge in [0, 0.05) is 6.54 Å². The number of hydrogen-bond acceptors (Lipinski definition) is 12. The maximum absolute atomic E-state index is 13.4. The number of unbranched alkanes of at least 4 members (excludes halogenated alkanes) is 2. The molecule has 7 atom stereocenters. The molecule has 0 aliphatic rings. The molecule has 0 unspecified atom stereocenters. The van der Waals surface area contributed by atoms with Gasteiger partial charge in [-0.05, 0) is 71.9 Å². The van der Waals surface area contributed by atoms with E-state index in [-0.39, 0.29) is 31.8 Å². The second-order valence-corrected chi connectivity index (χ2v) is 11.3. The first kappa shape index (κ1) is 43.9. The average Bonchev–Trinajstić information content (AvgIpc) is 3.02. The van der Waals surface area contributed by atoms with Crippen molar-refractivity contribution in [2.75, 3.05) is 26.2 Å². The Labute approximate surface area is 279 Å². The van der Waals surface area contributed by atoms with Crippen molar-refractivity contribution in [1.29, 1.82) is 0 Å². The Kier molecular flexibility index (Phi) is 22.0. The van der Waals surface area contributed by atoms with Crippen molar-refractivity contribution >= 4 is 41.5 Å². The Bertz CT molecular complexity index is 1070. The lowest BCUT2D eigenvalue weighted by molar-refractivity contribution is -0.142. The van der Waals surface area contributed by atoms with E-state index < -0.39 is 84.5 Å². The summed E-state index contributed by atoms with van der Waals surface area (Å²) >= 11 is 0. The first-order valence-electron chi connectivity index (χ1n) is 15.8. The molecule has 18 N–H and O–H groups in total. The minimum Gasteiger partial charge on any atom is -0.480 e. The van der Waals surface area contributed by atoms with E-state index in [1.807, 2.05) is 0 Å². The molecule has 0 aliphatic heterocycles. The molecule has 0 radical (unpaired) electrons. The number of carbonyl (C=O) groups excluding carboxylic acids is 5. The minimum atomic E-state index is -1.64. The summed E-state index contributed by atoms with van der Waals surface area (Å²) in [7, 11) is 0. The van der Waals surface area contributed by atoms with Gasteiger partial charge in [-0.2, -0.15) is 0 Å². The monoisotopic (exact) mass is 689 g/mol. The highest BCUT2D eigenvalue weighted by molar-refractivity contribution is 5.96. The van der Waals surface area contributed by atoms with Crippen molar-refractivity contribution in [3.63, 3.8) is 0 Å². The van der Waals surface area contributed by atoms with Crippen LogP contribution in [0.3, 0.4) is 0 Å². The van der Waals surface area contributed by atoms with Crippen LogP contribution in [0.4, 0.5) is 0 Å². The molecule has 20 nitrogen and oxygen atoms in total. The molecule has 5 amide bonds. The number of aliphatic carboxylic acids is 1. The number of nitrogens with zero attached hydrogens (tertiary/aromatic N) is 1. The summed E-state index contributed by atoms with van der Waals surface area (Å²) in [5, 5.41) is 40.8. The summed E-state index contributed by atoms with van der Waals surface area (Å²) in [4.78, 5) is 80.0. The molecule has 0 aromatic carbocycles. The number of aliphatic imine (C=N–C) groups is 1. The van der Waals surface area contributed by atoms with Gasteiger partial charge in [-0.1, -0.05) is 6.42 Å². The molecule has 0 saturated carbocycles. The molecule has 0 saturated heterocycles. The molecule has 276 valence electrons. The van der Waals surface area contributed by atoms with E-state index >= 15 is 0 Å². The maximum Gasteiger partial charge on any atom is 0.325 e. The van der Waals surface area contributed by atoms with Gasteiger partial charge in [-0.15, -0.1) is 0 Å². The Morgan fingerprint density at radius 1 is 0.667 bits per heavy atom. The van der Waals surface area contributed by atoms with Crippen LogP contribution in [0.5, 0.6) is 0 Å². The first-order valence-corrected chi connectivity index (χ1v) is 15.8. The summed E-state index contributed by atoms with van der Waals surface area (Å²) in [5.74, 6) is -5.82. The third-order valence-electron chi connectivity index (χ3n) is 7.07. The van der Waals surface area contributed by atoms with E-state index in [0.29, 0.717) is 45.2 Å². The number of nitrogens with two attached hydrogens (primary N) is 5. The third-order valence-corrected chi connectivity index (χ3v) is 7.07. The molecule has 0 heterocycles. The predicted octanol–water partition coefficient (Wildman–Crippen LogP) is -5.47. The van der Waals surface area contributed by atoms with Crippen LogP contribution in [0.25, 0.3) is 0 Å². The molecule has 48 heavy (non-hydrogen) atoms. The molecule has 20 heteroatoms. The van der Waals surface area contributed by atoms with Gasteiger partial charge in [-0.25, -0.2) is 0 Å². The summed E-state index contributed by atoms with van der Waals surface area (Å²) in [6.45, 7) is 2.28. The van der Waals surface area contributed by atoms with Gasteiger partial charge in [0.1, 0.15) is 30.2 Å². The highest BCUT2D eigenvalue weighted by Crippen LogP contribution is 2.07. The Morgan fingerprint density at radius 2 is 1.15 bits per heavy atom. The van der Waals surface area contributed by atoms with E-state index in [2.05, 4.69) is 31.6 Å². The number of hydrogen-bond donors (Lipinski definition) is 13. The van der Waals surface area contributed by atoms with Gasteiger partial charge >= 0.3 is 5.97 Å². The minimum absolute atomic E-state index is 0.0631. The highest BCUT2D eigenvalue weighted by atomic mass is 16.4. The second kappa shape index (κ2) is 24.1.